The minimum Gasteiger partial charge on any atom is -0.479 e. The Morgan fingerprint density at radius 1 is 1.19 bits per heavy atom. The molecule has 0 unspecified atom stereocenters. The van der Waals surface area contributed by atoms with Crippen molar-refractivity contribution in [2.75, 3.05) is 13.7 Å². The summed E-state index contributed by atoms with van der Waals surface area (Å²) >= 11 is 6.24. The van der Waals surface area contributed by atoms with Gasteiger partial charge in [0.2, 0.25) is 5.88 Å². The molecule has 32 heavy (non-hydrogen) atoms. The number of aryl methyl sites for hydroxylation is 1. The molecule has 0 amide bonds. The SMILES string of the molecule is CCOC(=O)c1cnn(-c2nc(OC)c3c(cnn3[C@@H](C)c3cc(C)cc(Cl)c3)n2)c1.S. The van der Waals surface area contributed by atoms with Crippen molar-refractivity contribution in [3.8, 4) is 11.8 Å². The molecule has 3 aromatic heterocycles. The molecule has 0 aliphatic carbocycles. The number of hydrogen-bond acceptors (Lipinski definition) is 7. The second kappa shape index (κ2) is 9.58. The largest absolute Gasteiger partial charge is 0.479 e. The van der Waals surface area contributed by atoms with E-state index in [1.54, 1.807) is 17.8 Å². The molecule has 168 valence electrons. The van der Waals surface area contributed by atoms with Crippen LogP contribution in [0.1, 0.15) is 41.4 Å². The van der Waals surface area contributed by atoms with Gasteiger partial charge < -0.3 is 9.47 Å². The molecule has 1 atom stereocenters. The maximum absolute atomic E-state index is 11.9. The molecule has 3 heterocycles. The minimum absolute atomic E-state index is 0. The number of benzene rings is 1. The summed E-state index contributed by atoms with van der Waals surface area (Å²) in [5, 5.41) is 9.36. The van der Waals surface area contributed by atoms with E-state index in [0.29, 0.717) is 27.5 Å². The van der Waals surface area contributed by atoms with Gasteiger partial charge in [-0.15, -0.1) is 0 Å². The number of carbonyl (C=O) groups is 1. The molecule has 0 bridgehead atoms. The summed E-state index contributed by atoms with van der Waals surface area (Å²) in [5.41, 5.74) is 3.61. The van der Waals surface area contributed by atoms with E-state index in [0.717, 1.165) is 11.1 Å². The maximum atomic E-state index is 11.9. The van der Waals surface area contributed by atoms with Crippen LogP contribution in [0, 0.1) is 6.92 Å². The van der Waals surface area contributed by atoms with E-state index in [1.807, 2.05) is 26.0 Å². The highest BCUT2D eigenvalue weighted by atomic mass is 35.5. The average Bonchev–Trinajstić information content (AvgIpc) is 3.39. The van der Waals surface area contributed by atoms with Crippen molar-refractivity contribution in [3.05, 3.63) is 58.5 Å². The second-order valence-corrected chi connectivity index (χ2v) is 7.42. The summed E-state index contributed by atoms with van der Waals surface area (Å²) in [6, 6.07) is 5.75. The van der Waals surface area contributed by atoms with Crippen LogP contribution in [0.4, 0.5) is 0 Å². The van der Waals surface area contributed by atoms with E-state index >= 15 is 0 Å². The molecule has 11 heteroatoms. The van der Waals surface area contributed by atoms with Gasteiger partial charge in [-0.2, -0.15) is 28.7 Å². The van der Waals surface area contributed by atoms with Crippen molar-refractivity contribution in [3.63, 3.8) is 0 Å². The summed E-state index contributed by atoms with van der Waals surface area (Å²) in [6.45, 7) is 6.04. The third kappa shape index (κ3) is 4.42. The Labute approximate surface area is 196 Å². The highest BCUT2D eigenvalue weighted by Crippen LogP contribution is 2.30. The number of methoxy groups -OCH3 is 1. The van der Waals surface area contributed by atoms with Gasteiger partial charge in [0.1, 0.15) is 11.0 Å². The zero-order valence-corrected chi connectivity index (χ0v) is 19.8. The Morgan fingerprint density at radius 3 is 2.66 bits per heavy atom. The molecule has 9 nitrogen and oxygen atoms in total. The predicted octanol–water partition coefficient (Wildman–Crippen LogP) is 3.88. The third-order valence-corrected chi connectivity index (χ3v) is 5.02. The van der Waals surface area contributed by atoms with Gasteiger partial charge in [-0.25, -0.2) is 14.5 Å². The van der Waals surface area contributed by atoms with E-state index in [-0.39, 0.29) is 32.1 Å². The van der Waals surface area contributed by atoms with Crippen LogP contribution in [0.3, 0.4) is 0 Å². The minimum atomic E-state index is -0.458. The first-order valence-electron chi connectivity index (χ1n) is 9.69. The van der Waals surface area contributed by atoms with Crippen molar-refractivity contribution < 1.29 is 14.3 Å². The van der Waals surface area contributed by atoms with Crippen molar-refractivity contribution >= 4 is 42.1 Å². The Balaban J connectivity index is 0.00000289. The summed E-state index contributed by atoms with van der Waals surface area (Å²) in [4.78, 5) is 21.0. The quantitative estimate of drug-likeness (QED) is 0.391. The lowest BCUT2D eigenvalue weighted by atomic mass is 10.1. The van der Waals surface area contributed by atoms with Crippen LogP contribution in [0.25, 0.3) is 17.0 Å². The van der Waals surface area contributed by atoms with E-state index in [4.69, 9.17) is 21.1 Å². The van der Waals surface area contributed by atoms with Crippen molar-refractivity contribution in [1.29, 1.82) is 0 Å². The molecule has 0 aliphatic rings. The molecule has 4 aromatic rings. The third-order valence-electron chi connectivity index (χ3n) is 4.81. The molecule has 1 aromatic carbocycles. The summed E-state index contributed by atoms with van der Waals surface area (Å²) in [7, 11) is 1.53. The van der Waals surface area contributed by atoms with Crippen molar-refractivity contribution in [2.45, 2.75) is 26.8 Å². The van der Waals surface area contributed by atoms with Gasteiger partial charge in [-0.1, -0.05) is 17.7 Å². The van der Waals surface area contributed by atoms with Gasteiger partial charge >= 0.3 is 5.97 Å². The fraction of sp³-hybridized carbons (Fsp3) is 0.286. The van der Waals surface area contributed by atoms with E-state index in [1.165, 1.54) is 24.2 Å². The monoisotopic (exact) mass is 474 g/mol. The van der Waals surface area contributed by atoms with Gasteiger partial charge in [-0.05, 0) is 44.0 Å². The first kappa shape index (κ1) is 23.6. The highest BCUT2D eigenvalue weighted by Gasteiger charge is 2.21. The van der Waals surface area contributed by atoms with Crippen LogP contribution in [-0.2, 0) is 4.74 Å². The molecule has 0 radical (unpaired) electrons. The molecule has 0 spiro atoms. The highest BCUT2D eigenvalue weighted by molar-refractivity contribution is 7.59. The van der Waals surface area contributed by atoms with Gasteiger partial charge in [0.25, 0.3) is 5.95 Å². The molecule has 0 fully saturated rings. The number of nitrogens with zero attached hydrogens (tertiary/aromatic N) is 6. The first-order valence-corrected chi connectivity index (χ1v) is 10.1. The molecule has 0 N–H and O–H groups in total. The van der Waals surface area contributed by atoms with Crippen molar-refractivity contribution in [2.24, 2.45) is 0 Å². The van der Waals surface area contributed by atoms with E-state index in [2.05, 4.69) is 26.2 Å². The standard InChI is InChI=1S/C21H21ClN6O3.H2S/c1-5-31-20(29)15-9-23-27(11-15)21-25-17-10-24-28(18(17)19(26-21)30-4)13(3)14-6-12(2)7-16(22)8-14;/h6-11,13H,5H2,1-4H3;1H2/t13-;/m0./s1. The Hall–Kier alpha value is -3.11. The van der Waals surface area contributed by atoms with Gasteiger partial charge in [0.05, 0.1) is 37.7 Å². The molecule has 0 saturated carbocycles. The molecular weight excluding hydrogens is 452 g/mol. The molecule has 0 saturated heterocycles. The number of ether oxygens (including phenoxy) is 2. The number of fused-ring (bicyclic) bond motifs is 1. The number of carbonyl (C=O) groups excluding carboxylic acids is 1. The lowest BCUT2D eigenvalue weighted by molar-refractivity contribution is 0.0526. The van der Waals surface area contributed by atoms with E-state index in [9.17, 15) is 4.79 Å². The fourth-order valence-corrected chi connectivity index (χ4v) is 3.65. The van der Waals surface area contributed by atoms with Crippen LogP contribution in [-0.4, -0.2) is 49.2 Å². The number of rotatable bonds is 6. The Bertz CT molecular complexity index is 1250. The second-order valence-electron chi connectivity index (χ2n) is 6.99. The zero-order chi connectivity index (χ0) is 22.1. The smallest absolute Gasteiger partial charge is 0.341 e. The van der Waals surface area contributed by atoms with Crippen molar-refractivity contribution in [1.82, 2.24) is 29.5 Å². The number of hydrogen-bond donors (Lipinski definition) is 0. The van der Waals surface area contributed by atoms with Crippen LogP contribution in [0.5, 0.6) is 5.88 Å². The zero-order valence-electron chi connectivity index (χ0n) is 18.0. The normalized spacial score (nSPS) is 11.8. The number of halogens is 1. The lowest BCUT2D eigenvalue weighted by Crippen LogP contribution is -2.11. The molecule has 0 aliphatic heterocycles. The van der Waals surface area contributed by atoms with Crippen LogP contribution >= 0.6 is 25.1 Å². The number of esters is 1. The van der Waals surface area contributed by atoms with Crippen LogP contribution in [0.2, 0.25) is 5.02 Å². The van der Waals surface area contributed by atoms with Crippen LogP contribution < -0.4 is 4.74 Å². The Kier molecular flexibility index (Phi) is 7.05. The van der Waals surface area contributed by atoms with Crippen LogP contribution in [0.15, 0.2) is 36.8 Å². The van der Waals surface area contributed by atoms with Gasteiger partial charge in [0, 0.05) is 11.2 Å². The van der Waals surface area contributed by atoms with Gasteiger partial charge in [0.15, 0.2) is 0 Å². The summed E-state index contributed by atoms with van der Waals surface area (Å²) in [6.07, 6.45) is 4.57. The molecular formula is C21H23ClN6O3S. The first-order chi connectivity index (χ1) is 14.9. The summed E-state index contributed by atoms with van der Waals surface area (Å²) in [5.74, 6) is 0.141. The lowest BCUT2D eigenvalue weighted by Gasteiger charge is -2.16. The summed E-state index contributed by atoms with van der Waals surface area (Å²) < 4.78 is 13.7. The average molecular weight is 475 g/mol. The maximum Gasteiger partial charge on any atom is 0.341 e. The molecule has 4 rings (SSSR count). The van der Waals surface area contributed by atoms with E-state index < -0.39 is 5.97 Å². The number of aromatic nitrogens is 6. The Morgan fingerprint density at radius 2 is 1.97 bits per heavy atom. The topological polar surface area (TPSA) is 97.0 Å². The fourth-order valence-electron chi connectivity index (χ4n) is 3.36. The predicted molar refractivity (Wildman–Crippen MR) is 125 cm³/mol. The van der Waals surface area contributed by atoms with Gasteiger partial charge in [-0.3, -0.25) is 4.68 Å².